The first-order chi connectivity index (χ1) is 8.51. The third kappa shape index (κ3) is 3.56. The molecule has 0 heterocycles. The van der Waals surface area contributed by atoms with Crippen LogP contribution in [0.4, 0.5) is 0 Å². The SMILES string of the molecule is CCCCN(C)C(CN)c1c(C)cc(C)cc1C. The molecule has 0 spiro atoms. The minimum Gasteiger partial charge on any atom is -0.329 e. The number of unbranched alkanes of at least 4 members (excludes halogenated alkanes) is 1. The molecule has 1 unspecified atom stereocenters. The van der Waals surface area contributed by atoms with Crippen molar-refractivity contribution in [2.75, 3.05) is 20.1 Å². The second-order valence-electron chi connectivity index (χ2n) is 5.40. The summed E-state index contributed by atoms with van der Waals surface area (Å²) in [4.78, 5) is 2.40. The molecule has 2 nitrogen and oxygen atoms in total. The van der Waals surface area contributed by atoms with Crippen molar-refractivity contribution in [1.29, 1.82) is 0 Å². The predicted molar refractivity (Wildman–Crippen MR) is 80.0 cm³/mol. The fourth-order valence-corrected chi connectivity index (χ4v) is 2.80. The van der Waals surface area contributed by atoms with Crippen LogP contribution in [-0.4, -0.2) is 25.0 Å². The molecule has 0 saturated carbocycles. The number of nitrogens with two attached hydrogens (primary N) is 1. The van der Waals surface area contributed by atoms with Gasteiger partial charge in [0.05, 0.1) is 0 Å². The van der Waals surface area contributed by atoms with Crippen molar-refractivity contribution in [3.8, 4) is 0 Å². The van der Waals surface area contributed by atoms with Gasteiger partial charge in [0.1, 0.15) is 0 Å². The molecule has 1 aromatic carbocycles. The second-order valence-corrected chi connectivity index (χ2v) is 5.40. The Bertz CT molecular complexity index is 362. The first-order valence-corrected chi connectivity index (χ1v) is 6.99. The summed E-state index contributed by atoms with van der Waals surface area (Å²) >= 11 is 0. The topological polar surface area (TPSA) is 29.3 Å². The Morgan fingerprint density at radius 1 is 1.17 bits per heavy atom. The molecule has 0 bridgehead atoms. The highest BCUT2D eigenvalue weighted by Gasteiger charge is 2.19. The lowest BCUT2D eigenvalue weighted by atomic mass is 9.93. The van der Waals surface area contributed by atoms with E-state index in [4.69, 9.17) is 5.73 Å². The maximum Gasteiger partial charge on any atom is 0.0472 e. The van der Waals surface area contributed by atoms with E-state index >= 15 is 0 Å². The summed E-state index contributed by atoms with van der Waals surface area (Å²) in [5.74, 6) is 0. The van der Waals surface area contributed by atoms with Gasteiger partial charge in [-0.25, -0.2) is 0 Å². The Hall–Kier alpha value is -0.860. The molecule has 0 aliphatic carbocycles. The monoisotopic (exact) mass is 248 g/mol. The molecule has 102 valence electrons. The Morgan fingerprint density at radius 2 is 1.72 bits per heavy atom. The first kappa shape index (κ1) is 15.2. The zero-order valence-electron chi connectivity index (χ0n) is 12.6. The summed E-state index contributed by atoms with van der Waals surface area (Å²) in [7, 11) is 2.19. The Labute approximate surface area is 112 Å². The summed E-state index contributed by atoms with van der Waals surface area (Å²) in [6, 6.07) is 4.87. The first-order valence-electron chi connectivity index (χ1n) is 6.99. The second kappa shape index (κ2) is 6.91. The lowest BCUT2D eigenvalue weighted by Crippen LogP contribution is -2.32. The van der Waals surface area contributed by atoms with Crippen molar-refractivity contribution in [3.63, 3.8) is 0 Å². The number of likely N-dealkylation sites (N-methyl/N-ethyl adjacent to an activating group) is 1. The minimum absolute atomic E-state index is 0.345. The summed E-state index contributed by atoms with van der Waals surface area (Å²) in [6.45, 7) is 10.6. The lowest BCUT2D eigenvalue weighted by Gasteiger charge is -2.30. The number of rotatable bonds is 6. The van der Waals surface area contributed by atoms with Crippen LogP contribution in [0.15, 0.2) is 12.1 Å². The molecule has 0 saturated heterocycles. The quantitative estimate of drug-likeness (QED) is 0.836. The highest BCUT2D eigenvalue weighted by Crippen LogP contribution is 2.26. The fourth-order valence-electron chi connectivity index (χ4n) is 2.80. The highest BCUT2D eigenvalue weighted by atomic mass is 15.1. The molecule has 2 N–H and O–H groups in total. The van der Waals surface area contributed by atoms with Crippen LogP contribution in [0.25, 0.3) is 0 Å². The minimum atomic E-state index is 0.345. The van der Waals surface area contributed by atoms with Gasteiger partial charge in [0.2, 0.25) is 0 Å². The van der Waals surface area contributed by atoms with Crippen LogP contribution in [0, 0.1) is 20.8 Å². The van der Waals surface area contributed by atoms with E-state index in [1.165, 1.54) is 35.1 Å². The van der Waals surface area contributed by atoms with Gasteiger partial charge in [0.25, 0.3) is 0 Å². The van der Waals surface area contributed by atoms with Gasteiger partial charge < -0.3 is 5.73 Å². The lowest BCUT2D eigenvalue weighted by molar-refractivity contribution is 0.245. The zero-order chi connectivity index (χ0) is 13.7. The number of hydrogen-bond donors (Lipinski definition) is 1. The Morgan fingerprint density at radius 3 is 2.17 bits per heavy atom. The number of benzene rings is 1. The van der Waals surface area contributed by atoms with E-state index in [1.54, 1.807) is 0 Å². The average Bonchev–Trinajstić information content (AvgIpc) is 2.30. The van der Waals surface area contributed by atoms with Crippen molar-refractivity contribution in [1.82, 2.24) is 4.90 Å². The van der Waals surface area contributed by atoms with Crippen molar-refractivity contribution in [2.24, 2.45) is 5.73 Å². The van der Waals surface area contributed by atoms with E-state index in [0.29, 0.717) is 12.6 Å². The summed E-state index contributed by atoms with van der Waals surface area (Å²) in [5, 5.41) is 0. The maximum atomic E-state index is 6.01. The smallest absolute Gasteiger partial charge is 0.0472 e. The van der Waals surface area contributed by atoms with Gasteiger partial charge in [-0.3, -0.25) is 4.90 Å². The van der Waals surface area contributed by atoms with E-state index in [0.717, 1.165) is 6.54 Å². The molecule has 1 atom stereocenters. The molecular weight excluding hydrogens is 220 g/mol. The van der Waals surface area contributed by atoms with Gasteiger partial charge in [-0.05, 0) is 57.5 Å². The number of hydrogen-bond acceptors (Lipinski definition) is 2. The molecule has 1 rings (SSSR count). The highest BCUT2D eigenvalue weighted by molar-refractivity contribution is 5.39. The third-order valence-electron chi connectivity index (χ3n) is 3.69. The van der Waals surface area contributed by atoms with Gasteiger partial charge in [-0.2, -0.15) is 0 Å². The van der Waals surface area contributed by atoms with E-state index < -0.39 is 0 Å². The fraction of sp³-hybridized carbons (Fsp3) is 0.625. The van der Waals surface area contributed by atoms with Crippen LogP contribution in [0.2, 0.25) is 0 Å². The molecule has 0 aliphatic heterocycles. The van der Waals surface area contributed by atoms with Gasteiger partial charge in [-0.15, -0.1) is 0 Å². The molecule has 0 aromatic heterocycles. The van der Waals surface area contributed by atoms with E-state index in [9.17, 15) is 0 Å². The van der Waals surface area contributed by atoms with Crippen LogP contribution in [0.1, 0.15) is 48.1 Å². The third-order valence-corrected chi connectivity index (χ3v) is 3.69. The summed E-state index contributed by atoms with van der Waals surface area (Å²) in [5.41, 5.74) is 11.5. The van der Waals surface area contributed by atoms with Crippen LogP contribution < -0.4 is 5.73 Å². The molecule has 18 heavy (non-hydrogen) atoms. The van der Waals surface area contributed by atoms with Crippen molar-refractivity contribution >= 4 is 0 Å². The molecule has 0 fully saturated rings. The maximum absolute atomic E-state index is 6.01. The Balaban J connectivity index is 3.01. The van der Waals surface area contributed by atoms with Crippen molar-refractivity contribution in [2.45, 2.75) is 46.6 Å². The van der Waals surface area contributed by atoms with E-state index in [1.807, 2.05) is 0 Å². The zero-order valence-corrected chi connectivity index (χ0v) is 12.6. The molecule has 2 heteroatoms. The number of nitrogens with zero attached hydrogens (tertiary/aromatic N) is 1. The van der Waals surface area contributed by atoms with Crippen LogP contribution in [0.5, 0.6) is 0 Å². The van der Waals surface area contributed by atoms with E-state index in [-0.39, 0.29) is 0 Å². The summed E-state index contributed by atoms with van der Waals surface area (Å²) < 4.78 is 0. The van der Waals surface area contributed by atoms with Crippen molar-refractivity contribution < 1.29 is 0 Å². The molecule has 0 amide bonds. The standard InChI is InChI=1S/C16H28N2/c1-6-7-8-18(5)15(11-17)16-13(3)9-12(2)10-14(16)4/h9-10,15H,6-8,11,17H2,1-5H3. The van der Waals surface area contributed by atoms with Gasteiger partial charge in [-0.1, -0.05) is 31.0 Å². The van der Waals surface area contributed by atoms with Gasteiger partial charge in [0.15, 0.2) is 0 Å². The van der Waals surface area contributed by atoms with Gasteiger partial charge >= 0.3 is 0 Å². The van der Waals surface area contributed by atoms with Crippen molar-refractivity contribution in [3.05, 3.63) is 34.4 Å². The molecule has 0 radical (unpaired) electrons. The molecule has 1 aromatic rings. The average molecular weight is 248 g/mol. The predicted octanol–water partition coefficient (Wildman–Crippen LogP) is 3.34. The molecular formula is C16H28N2. The van der Waals surface area contributed by atoms with Gasteiger partial charge in [0, 0.05) is 12.6 Å². The number of aryl methyl sites for hydroxylation is 3. The normalized spacial score (nSPS) is 13.1. The van der Waals surface area contributed by atoms with E-state index in [2.05, 4.69) is 51.8 Å². The van der Waals surface area contributed by atoms with Crippen LogP contribution in [0.3, 0.4) is 0 Å². The largest absolute Gasteiger partial charge is 0.329 e. The van der Waals surface area contributed by atoms with Crippen LogP contribution in [-0.2, 0) is 0 Å². The van der Waals surface area contributed by atoms with Crippen LogP contribution >= 0.6 is 0 Å². The Kier molecular flexibility index (Phi) is 5.83. The summed E-state index contributed by atoms with van der Waals surface area (Å²) in [6.07, 6.45) is 2.46. The molecule has 0 aliphatic rings.